The number of nitrogens with two attached hydrogens (primary N) is 1. The highest BCUT2D eigenvalue weighted by atomic mass is 19.1. The molecule has 5 heteroatoms. The largest absolute Gasteiger partial charge is 0.497 e. The lowest BCUT2D eigenvalue weighted by Crippen LogP contribution is -2.50. The molecule has 2 N–H and O–H groups in total. The summed E-state index contributed by atoms with van der Waals surface area (Å²) in [6, 6.07) is 4.87. The second-order valence-electron chi connectivity index (χ2n) is 5.67. The van der Waals surface area contributed by atoms with Gasteiger partial charge in [-0.15, -0.1) is 0 Å². The molecule has 20 heavy (non-hydrogen) atoms. The molecule has 2 atom stereocenters. The monoisotopic (exact) mass is 278 g/mol. The fraction of sp³-hybridized carbons (Fsp3) is 0.533. The first-order valence-corrected chi connectivity index (χ1v) is 7.02. The molecular weight excluding hydrogens is 259 g/mol. The zero-order valence-electron chi connectivity index (χ0n) is 11.5. The lowest BCUT2D eigenvalue weighted by Gasteiger charge is -2.37. The number of carbonyl (C=O) groups is 1. The predicted molar refractivity (Wildman–Crippen MR) is 73.1 cm³/mol. The minimum Gasteiger partial charge on any atom is -0.497 e. The SMILES string of the molecule is COc1ccc(C(=O)N2C3CCC2CC(N)C3)c(F)c1. The van der Waals surface area contributed by atoms with Gasteiger partial charge in [-0.3, -0.25) is 4.79 Å². The van der Waals surface area contributed by atoms with Crippen LogP contribution in [0.15, 0.2) is 18.2 Å². The molecule has 0 saturated carbocycles. The van der Waals surface area contributed by atoms with Crippen LogP contribution in [0.25, 0.3) is 0 Å². The van der Waals surface area contributed by atoms with Gasteiger partial charge in [-0.25, -0.2) is 4.39 Å². The van der Waals surface area contributed by atoms with Gasteiger partial charge in [-0.05, 0) is 37.8 Å². The molecule has 2 aliphatic heterocycles. The van der Waals surface area contributed by atoms with Crippen LogP contribution in [0, 0.1) is 5.82 Å². The number of ether oxygens (including phenoxy) is 1. The number of piperidine rings is 1. The molecule has 2 bridgehead atoms. The second-order valence-corrected chi connectivity index (χ2v) is 5.67. The van der Waals surface area contributed by atoms with Crippen molar-refractivity contribution in [1.29, 1.82) is 0 Å². The maximum Gasteiger partial charge on any atom is 0.257 e. The van der Waals surface area contributed by atoms with Gasteiger partial charge in [0.15, 0.2) is 0 Å². The van der Waals surface area contributed by atoms with Crippen molar-refractivity contribution in [3.63, 3.8) is 0 Å². The van der Waals surface area contributed by atoms with Gasteiger partial charge >= 0.3 is 0 Å². The average molecular weight is 278 g/mol. The van der Waals surface area contributed by atoms with Crippen LogP contribution in [-0.2, 0) is 0 Å². The zero-order chi connectivity index (χ0) is 14.3. The summed E-state index contributed by atoms with van der Waals surface area (Å²) < 4.78 is 19.0. The van der Waals surface area contributed by atoms with Crippen LogP contribution in [0.2, 0.25) is 0 Å². The summed E-state index contributed by atoms with van der Waals surface area (Å²) in [5.41, 5.74) is 6.12. The Bertz CT molecular complexity index is 521. The minimum absolute atomic E-state index is 0.123. The lowest BCUT2D eigenvalue weighted by atomic mass is 9.97. The van der Waals surface area contributed by atoms with E-state index in [0.717, 1.165) is 25.7 Å². The van der Waals surface area contributed by atoms with Crippen LogP contribution < -0.4 is 10.5 Å². The van der Waals surface area contributed by atoms with Gasteiger partial charge in [0.25, 0.3) is 5.91 Å². The number of nitrogens with zero attached hydrogens (tertiary/aromatic N) is 1. The van der Waals surface area contributed by atoms with Crippen LogP contribution in [0.3, 0.4) is 0 Å². The van der Waals surface area contributed by atoms with Crippen molar-refractivity contribution in [2.75, 3.05) is 7.11 Å². The molecule has 4 nitrogen and oxygen atoms in total. The molecule has 0 radical (unpaired) electrons. The molecule has 0 aromatic heterocycles. The van der Waals surface area contributed by atoms with Crippen molar-refractivity contribution in [3.05, 3.63) is 29.6 Å². The van der Waals surface area contributed by atoms with E-state index in [4.69, 9.17) is 10.5 Å². The molecule has 1 amide bonds. The van der Waals surface area contributed by atoms with E-state index < -0.39 is 5.82 Å². The summed E-state index contributed by atoms with van der Waals surface area (Å²) in [4.78, 5) is 14.4. The van der Waals surface area contributed by atoms with Crippen LogP contribution in [0.5, 0.6) is 5.75 Å². The topological polar surface area (TPSA) is 55.6 Å². The average Bonchev–Trinajstić information content (AvgIpc) is 2.70. The molecule has 2 fully saturated rings. The van der Waals surface area contributed by atoms with E-state index in [-0.39, 0.29) is 29.6 Å². The number of methoxy groups -OCH3 is 1. The number of hydrogen-bond acceptors (Lipinski definition) is 3. The lowest BCUT2D eigenvalue weighted by molar-refractivity contribution is 0.0570. The van der Waals surface area contributed by atoms with Crippen LogP contribution in [0.4, 0.5) is 4.39 Å². The number of benzene rings is 1. The highest BCUT2D eigenvalue weighted by Crippen LogP contribution is 2.36. The number of carbonyl (C=O) groups excluding carboxylic acids is 1. The highest BCUT2D eigenvalue weighted by molar-refractivity contribution is 5.95. The molecule has 0 aliphatic carbocycles. The Labute approximate surface area is 117 Å². The fourth-order valence-electron chi connectivity index (χ4n) is 3.49. The van der Waals surface area contributed by atoms with Crippen molar-refractivity contribution >= 4 is 5.91 Å². The Morgan fingerprint density at radius 2 is 2.00 bits per heavy atom. The summed E-state index contributed by atoms with van der Waals surface area (Å²) in [6.45, 7) is 0. The summed E-state index contributed by atoms with van der Waals surface area (Å²) in [6.07, 6.45) is 3.59. The number of hydrogen-bond donors (Lipinski definition) is 1. The summed E-state index contributed by atoms with van der Waals surface area (Å²) in [7, 11) is 1.47. The number of amides is 1. The minimum atomic E-state index is -0.524. The van der Waals surface area contributed by atoms with Crippen LogP contribution in [0.1, 0.15) is 36.0 Å². The zero-order valence-corrected chi connectivity index (χ0v) is 11.5. The number of halogens is 1. The van der Waals surface area contributed by atoms with Gasteiger partial charge in [0, 0.05) is 24.2 Å². The van der Waals surface area contributed by atoms with Crippen molar-refractivity contribution in [1.82, 2.24) is 4.90 Å². The molecule has 1 aromatic rings. The van der Waals surface area contributed by atoms with E-state index in [0.29, 0.717) is 5.75 Å². The van der Waals surface area contributed by atoms with Crippen LogP contribution >= 0.6 is 0 Å². The Morgan fingerprint density at radius 3 is 2.55 bits per heavy atom. The molecule has 2 heterocycles. The van der Waals surface area contributed by atoms with E-state index in [1.165, 1.54) is 19.2 Å². The first-order valence-electron chi connectivity index (χ1n) is 7.02. The standard InChI is InChI=1S/C15H19FN2O2/c1-20-12-4-5-13(14(16)8-12)15(19)18-10-2-3-11(18)7-9(17)6-10/h4-5,8-11H,2-3,6-7,17H2,1H3. The Balaban J connectivity index is 1.86. The molecular formula is C15H19FN2O2. The summed E-state index contributed by atoms with van der Waals surface area (Å²) >= 11 is 0. The first kappa shape index (κ1) is 13.4. The molecule has 2 aliphatic rings. The van der Waals surface area contributed by atoms with Gasteiger partial charge in [-0.2, -0.15) is 0 Å². The second kappa shape index (κ2) is 5.05. The Hall–Kier alpha value is -1.62. The van der Waals surface area contributed by atoms with Crippen LogP contribution in [-0.4, -0.2) is 36.0 Å². The van der Waals surface area contributed by atoms with Gasteiger partial charge in [0.1, 0.15) is 11.6 Å². The smallest absolute Gasteiger partial charge is 0.257 e. The summed E-state index contributed by atoms with van der Waals surface area (Å²) in [5.74, 6) is -0.323. The third kappa shape index (κ3) is 2.16. The number of fused-ring (bicyclic) bond motifs is 2. The molecule has 2 unspecified atom stereocenters. The van der Waals surface area contributed by atoms with E-state index in [1.54, 1.807) is 6.07 Å². The quantitative estimate of drug-likeness (QED) is 0.899. The third-order valence-electron chi connectivity index (χ3n) is 4.41. The van der Waals surface area contributed by atoms with Crippen molar-refractivity contribution < 1.29 is 13.9 Å². The van der Waals surface area contributed by atoms with E-state index in [9.17, 15) is 9.18 Å². The van der Waals surface area contributed by atoms with Crippen molar-refractivity contribution in [3.8, 4) is 5.75 Å². The third-order valence-corrected chi connectivity index (χ3v) is 4.41. The maximum absolute atomic E-state index is 14.0. The highest BCUT2D eigenvalue weighted by Gasteiger charge is 2.42. The van der Waals surface area contributed by atoms with Gasteiger partial charge in [0.2, 0.25) is 0 Å². The van der Waals surface area contributed by atoms with Gasteiger partial charge in [-0.1, -0.05) is 0 Å². The fourth-order valence-corrected chi connectivity index (χ4v) is 3.49. The molecule has 0 spiro atoms. The van der Waals surface area contributed by atoms with E-state index in [2.05, 4.69) is 0 Å². The predicted octanol–water partition coefficient (Wildman–Crippen LogP) is 1.93. The molecule has 1 aromatic carbocycles. The normalized spacial score (nSPS) is 28.6. The first-order chi connectivity index (χ1) is 9.60. The Kier molecular flexibility index (Phi) is 3.38. The van der Waals surface area contributed by atoms with E-state index in [1.807, 2.05) is 4.90 Å². The Morgan fingerprint density at radius 1 is 1.35 bits per heavy atom. The summed E-state index contributed by atoms with van der Waals surface area (Å²) in [5, 5.41) is 0. The van der Waals surface area contributed by atoms with Crippen molar-refractivity contribution in [2.45, 2.75) is 43.8 Å². The van der Waals surface area contributed by atoms with Gasteiger partial charge in [0.05, 0.1) is 12.7 Å². The molecule has 3 rings (SSSR count). The maximum atomic E-state index is 14.0. The molecule has 2 saturated heterocycles. The van der Waals surface area contributed by atoms with Crippen molar-refractivity contribution in [2.24, 2.45) is 5.73 Å². The molecule has 108 valence electrons. The number of rotatable bonds is 2. The van der Waals surface area contributed by atoms with Gasteiger partial charge < -0.3 is 15.4 Å². The van der Waals surface area contributed by atoms with E-state index >= 15 is 0 Å².